The minimum absolute atomic E-state index is 0.172. The lowest BCUT2D eigenvalue weighted by molar-refractivity contribution is 0.173. The molecule has 3 heterocycles. The Hall–Kier alpha value is -4.86. The van der Waals surface area contributed by atoms with Gasteiger partial charge in [-0.1, -0.05) is 35.5 Å². The highest BCUT2D eigenvalue weighted by atomic mass is 16.7. The predicted octanol–water partition coefficient (Wildman–Crippen LogP) is 3.39. The second-order valence-electron chi connectivity index (χ2n) is 7.50. The van der Waals surface area contributed by atoms with Crippen molar-refractivity contribution in [2.24, 2.45) is 0 Å². The number of fused-ring (bicyclic) bond motifs is 6. The van der Waals surface area contributed by atoms with Gasteiger partial charge in [0.15, 0.2) is 34.5 Å². The topological polar surface area (TPSA) is 55.4 Å². The van der Waals surface area contributed by atoms with Crippen LogP contribution in [-0.4, -0.2) is 20.4 Å². The van der Waals surface area contributed by atoms with E-state index in [1.165, 1.54) is 0 Å². The van der Waals surface area contributed by atoms with Gasteiger partial charge in [-0.2, -0.15) is 0 Å². The molecule has 3 aromatic carbocycles. The smallest absolute Gasteiger partial charge is 0.231 e. The third kappa shape index (κ3) is 2.96. The number of hydrogen-bond acceptors (Lipinski definition) is 6. The first-order chi connectivity index (χ1) is 16.3. The summed E-state index contributed by atoms with van der Waals surface area (Å²) in [5.41, 5.74) is 4.37. The van der Waals surface area contributed by atoms with Gasteiger partial charge in [0, 0.05) is 69.8 Å². The largest absolute Gasteiger partial charge is 0.454 e. The van der Waals surface area contributed by atoms with Crippen LogP contribution in [0.3, 0.4) is 0 Å². The van der Waals surface area contributed by atoms with E-state index in [0.29, 0.717) is 34.5 Å². The summed E-state index contributed by atoms with van der Waals surface area (Å²) in [6.07, 6.45) is 0. The van der Waals surface area contributed by atoms with Crippen molar-refractivity contribution < 1.29 is 28.4 Å². The molecule has 1 aliphatic carbocycles. The zero-order valence-corrected chi connectivity index (χ0v) is 17.0. The van der Waals surface area contributed by atoms with Crippen molar-refractivity contribution in [3.05, 3.63) is 69.8 Å². The van der Waals surface area contributed by atoms with Gasteiger partial charge in [-0.15, -0.1) is 0 Å². The average molecular weight is 432 g/mol. The van der Waals surface area contributed by atoms with E-state index in [0.717, 1.165) is 33.4 Å². The molecule has 7 rings (SSSR count). The molecule has 156 valence electrons. The summed E-state index contributed by atoms with van der Waals surface area (Å²) < 4.78 is 33.3. The van der Waals surface area contributed by atoms with Gasteiger partial charge >= 0.3 is 0 Å². The molecule has 0 saturated carbocycles. The molecule has 0 N–H and O–H groups in total. The first kappa shape index (κ1) is 17.8. The van der Waals surface area contributed by atoms with E-state index < -0.39 is 0 Å². The van der Waals surface area contributed by atoms with E-state index in [4.69, 9.17) is 28.4 Å². The summed E-state index contributed by atoms with van der Waals surface area (Å²) >= 11 is 0. The van der Waals surface area contributed by atoms with Gasteiger partial charge in [-0.3, -0.25) is 0 Å². The highest BCUT2D eigenvalue weighted by Gasteiger charge is 2.19. The Kier molecular flexibility index (Phi) is 3.68. The lowest BCUT2D eigenvalue weighted by Crippen LogP contribution is -1.92. The van der Waals surface area contributed by atoms with Gasteiger partial charge in [0.1, 0.15) is 0 Å². The van der Waals surface area contributed by atoms with Crippen molar-refractivity contribution >= 4 is 0 Å². The van der Waals surface area contributed by atoms with Crippen molar-refractivity contribution in [2.45, 2.75) is 0 Å². The van der Waals surface area contributed by atoms with Crippen LogP contribution in [0.15, 0.2) is 36.4 Å². The molecule has 33 heavy (non-hydrogen) atoms. The van der Waals surface area contributed by atoms with Crippen LogP contribution in [-0.2, 0) is 0 Å². The van der Waals surface area contributed by atoms with Crippen LogP contribution in [0.1, 0.15) is 33.4 Å². The quantitative estimate of drug-likeness (QED) is 0.397. The van der Waals surface area contributed by atoms with E-state index in [1.807, 2.05) is 36.4 Å². The highest BCUT2D eigenvalue weighted by Crippen LogP contribution is 2.37. The molecule has 0 spiro atoms. The maximum Gasteiger partial charge on any atom is 0.231 e. The molecule has 0 atom stereocenters. The van der Waals surface area contributed by atoms with E-state index in [-0.39, 0.29) is 20.4 Å². The normalized spacial score (nSPS) is 14.5. The fourth-order valence-electron chi connectivity index (χ4n) is 3.85. The highest BCUT2D eigenvalue weighted by molar-refractivity contribution is 5.68. The molecular formula is C27H12O6. The molecule has 0 aromatic heterocycles. The van der Waals surface area contributed by atoms with E-state index >= 15 is 0 Å². The lowest BCUT2D eigenvalue weighted by Gasteiger charge is -2.05. The number of hydrogen-bond donors (Lipinski definition) is 0. The third-order valence-corrected chi connectivity index (χ3v) is 5.53. The molecule has 0 radical (unpaired) electrons. The zero-order chi connectivity index (χ0) is 21.8. The average Bonchev–Trinajstić information content (AvgIpc) is 3.58. The molecular weight excluding hydrogens is 420 g/mol. The number of benzene rings is 3. The Morgan fingerprint density at radius 3 is 0.697 bits per heavy atom. The van der Waals surface area contributed by atoms with E-state index in [2.05, 4.69) is 35.5 Å². The minimum atomic E-state index is 0.172. The lowest BCUT2D eigenvalue weighted by atomic mass is 10.0. The van der Waals surface area contributed by atoms with Crippen LogP contribution in [0.5, 0.6) is 34.5 Å². The third-order valence-electron chi connectivity index (χ3n) is 5.53. The van der Waals surface area contributed by atoms with Crippen molar-refractivity contribution in [2.75, 3.05) is 20.4 Å². The number of ether oxygens (including phenoxy) is 6. The predicted molar refractivity (Wildman–Crippen MR) is 116 cm³/mol. The summed E-state index contributed by atoms with van der Waals surface area (Å²) in [7, 11) is 0. The van der Waals surface area contributed by atoms with Crippen LogP contribution in [0, 0.1) is 35.5 Å². The van der Waals surface area contributed by atoms with Gasteiger partial charge in [0.25, 0.3) is 0 Å². The molecule has 0 amide bonds. The van der Waals surface area contributed by atoms with Crippen molar-refractivity contribution in [3.63, 3.8) is 0 Å². The van der Waals surface area contributed by atoms with Crippen molar-refractivity contribution in [1.29, 1.82) is 0 Å². The summed E-state index contributed by atoms with van der Waals surface area (Å²) in [5.74, 6) is 23.2. The first-order valence-electron chi connectivity index (χ1n) is 10.2. The van der Waals surface area contributed by atoms with Crippen LogP contribution in [0.4, 0.5) is 0 Å². The fraction of sp³-hybridized carbons (Fsp3) is 0.111. The molecule has 0 unspecified atom stereocenters. The fourth-order valence-corrected chi connectivity index (χ4v) is 3.85. The Balaban J connectivity index is 1.50. The second-order valence-corrected chi connectivity index (χ2v) is 7.50. The van der Waals surface area contributed by atoms with E-state index in [9.17, 15) is 0 Å². The summed E-state index contributed by atoms with van der Waals surface area (Å²) in [4.78, 5) is 0. The molecule has 3 aliphatic heterocycles. The van der Waals surface area contributed by atoms with Gasteiger partial charge in [-0.05, 0) is 0 Å². The summed E-state index contributed by atoms with van der Waals surface area (Å²) in [6.45, 7) is 0.516. The minimum Gasteiger partial charge on any atom is -0.454 e. The molecule has 6 heteroatoms. The number of rotatable bonds is 0. The van der Waals surface area contributed by atoms with E-state index in [1.54, 1.807) is 0 Å². The van der Waals surface area contributed by atoms with Gasteiger partial charge in [-0.25, -0.2) is 0 Å². The molecule has 0 fully saturated rings. The second kappa shape index (κ2) is 6.82. The Morgan fingerprint density at radius 2 is 0.515 bits per heavy atom. The van der Waals surface area contributed by atoms with Crippen LogP contribution in [0.2, 0.25) is 0 Å². The summed E-state index contributed by atoms with van der Waals surface area (Å²) in [5, 5.41) is 0. The Morgan fingerprint density at radius 1 is 0.333 bits per heavy atom. The van der Waals surface area contributed by atoms with Gasteiger partial charge < -0.3 is 28.4 Å². The van der Waals surface area contributed by atoms with Crippen molar-refractivity contribution in [1.82, 2.24) is 0 Å². The maximum atomic E-state index is 5.55. The van der Waals surface area contributed by atoms with Crippen LogP contribution < -0.4 is 28.4 Å². The van der Waals surface area contributed by atoms with Crippen molar-refractivity contribution in [3.8, 4) is 70.0 Å². The first-order valence-corrected chi connectivity index (χ1v) is 10.2. The summed E-state index contributed by atoms with van der Waals surface area (Å²) in [6, 6.07) is 11.1. The molecule has 0 bridgehead atoms. The maximum absolute atomic E-state index is 5.55. The van der Waals surface area contributed by atoms with Gasteiger partial charge in [0.2, 0.25) is 20.4 Å². The molecule has 0 saturated heterocycles. The monoisotopic (exact) mass is 432 g/mol. The Labute approximate surface area is 188 Å². The van der Waals surface area contributed by atoms with Gasteiger partial charge in [0.05, 0.1) is 0 Å². The molecule has 4 aliphatic rings. The molecule has 6 nitrogen and oxygen atoms in total. The van der Waals surface area contributed by atoms with Crippen LogP contribution >= 0.6 is 0 Å². The standard InChI is InChI=1S/C27H12O6/c1-2-17-8-23-25(31-14-29-23)10-19(17)5-6-21-12-27-26(32-15-33-27)11-20(21)4-3-18-9-24-22(7-16(1)18)28-13-30-24/h7-12H,13-15H2. The Bertz CT molecular complexity index is 1270. The zero-order valence-electron chi connectivity index (χ0n) is 17.0. The molecule has 3 aromatic rings. The van der Waals surface area contributed by atoms with Crippen LogP contribution in [0.25, 0.3) is 0 Å². The SMILES string of the molecule is C1#Cc2cc3c(cc2C#Cc2cc4c(cc2C#Cc2cc5c(cc21)OCO5)OCO4)OCO3.